The van der Waals surface area contributed by atoms with Crippen molar-refractivity contribution in [1.29, 1.82) is 0 Å². The zero-order chi connectivity index (χ0) is 18.6. The molecule has 3 atom stereocenters. The summed E-state index contributed by atoms with van der Waals surface area (Å²) in [6, 6.07) is 4.30. The highest BCUT2D eigenvalue weighted by Gasteiger charge is 2.24. The molecule has 148 valence electrons. The van der Waals surface area contributed by atoms with Gasteiger partial charge in [-0.2, -0.15) is 0 Å². The Labute approximate surface area is 160 Å². The van der Waals surface area contributed by atoms with Crippen molar-refractivity contribution in [2.45, 2.75) is 45.1 Å². The SMILES string of the molecule is C=C(C)c1c(COCC2CO2)cc(COCC2CO2)cc1COCC1CO1. The Morgan fingerprint density at radius 3 is 1.63 bits per heavy atom. The van der Waals surface area contributed by atoms with Gasteiger partial charge in [-0.05, 0) is 29.2 Å². The van der Waals surface area contributed by atoms with Gasteiger partial charge in [0, 0.05) is 0 Å². The van der Waals surface area contributed by atoms with E-state index in [0.717, 1.165) is 47.6 Å². The number of allylic oxidation sites excluding steroid dienone is 1. The number of hydrogen-bond donors (Lipinski definition) is 0. The monoisotopic (exact) mass is 376 g/mol. The van der Waals surface area contributed by atoms with Gasteiger partial charge in [0.05, 0.1) is 59.5 Å². The highest BCUT2D eigenvalue weighted by Crippen LogP contribution is 2.27. The number of ether oxygens (including phenoxy) is 6. The summed E-state index contributed by atoms with van der Waals surface area (Å²) in [5.41, 5.74) is 5.48. The van der Waals surface area contributed by atoms with Crippen molar-refractivity contribution in [2.75, 3.05) is 39.6 Å². The van der Waals surface area contributed by atoms with E-state index in [1.54, 1.807) is 0 Å². The topological polar surface area (TPSA) is 65.3 Å². The van der Waals surface area contributed by atoms with E-state index >= 15 is 0 Å². The van der Waals surface area contributed by atoms with Crippen molar-refractivity contribution in [1.82, 2.24) is 0 Å². The summed E-state index contributed by atoms with van der Waals surface area (Å²) in [5, 5.41) is 0. The van der Waals surface area contributed by atoms with Crippen LogP contribution in [0.5, 0.6) is 0 Å². The van der Waals surface area contributed by atoms with E-state index in [1.165, 1.54) is 0 Å². The van der Waals surface area contributed by atoms with Crippen molar-refractivity contribution in [2.24, 2.45) is 0 Å². The van der Waals surface area contributed by atoms with E-state index in [4.69, 9.17) is 28.4 Å². The second-order valence-electron chi connectivity index (χ2n) is 7.48. The molecule has 0 radical (unpaired) electrons. The van der Waals surface area contributed by atoms with Crippen LogP contribution in [0.3, 0.4) is 0 Å². The first kappa shape index (κ1) is 19.1. The molecule has 3 fully saturated rings. The molecule has 3 unspecified atom stereocenters. The maximum atomic E-state index is 5.86. The third-order valence-corrected chi connectivity index (χ3v) is 4.69. The fraction of sp³-hybridized carbons (Fsp3) is 0.619. The van der Waals surface area contributed by atoms with Gasteiger partial charge in [-0.25, -0.2) is 0 Å². The van der Waals surface area contributed by atoms with Gasteiger partial charge in [-0.1, -0.05) is 24.3 Å². The first-order valence-corrected chi connectivity index (χ1v) is 9.57. The van der Waals surface area contributed by atoms with Gasteiger partial charge in [0.25, 0.3) is 0 Å². The van der Waals surface area contributed by atoms with Crippen molar-refractivity contribution in [3.05, 3.63) is 41.0 Å². The lowest BCUT2D eigenvalue weighted by molar-refractivity contribution is 0.0968. The Hall–Kier alpha value is -1.28. The number of benzene rings is 1. The van der Waals surface area contributed by atoms with Crippen LogP contribution in [0.1, 0.15) is 29.2 Å². The Balaban J connectivity index is 1.46. The minimum absolute atomic E-state index is 0.254. The van der Waals surface area contributed by atoms with Crippen LogP contribution in [-0.2, 0) is 48.2 Å². The lowest BCUT2D eigenvalue weighted by atomic mass is 9.94. The van der Waals surface area contributed by atoms with Gasteiger partial charge in [0.1, 0.15) is 18.3 Å². The van der Waals surface area contributed by atoms with Crippen molar-refractivity contribution in [3.8, 4) is 0 Å². The minimum atomic E-state index is 0.254. The molecular weight excluding hydrogens is 348 g/mol. The van der Waals surface area contributed by atoms with Gasteiger partial charge in [0.2, 0.25) is 0 Å². The molecule has 6 heteroatoms. The van der Waals surface area contributed by atoms with Crippen LogP contribution in [0, 0.1) is 0 Å². The van der Waals surface area contributed by atoms with E-state index in [2.05, 4.69) is 18.7 Å². The predicted molar refractivity (Wildman–Crippen MR) is 99.3 cm³/mol. The molecule has 0 spiro atoms. The lowest BCUT2D eigenvalue weighted by Gasteiger charge is -2.18. The first-order chi connectivity index (χ1) is 13.2. The van der Waals surface area contributed by atoms with Gasteiger partial charge >= 0.3 is 0 Å². The van der Waals surface area contributed by atoms with Gasteiger partial charge in [-0.3, -0.25) is 0 Å². The summed E-state index contributed by atoms with van der Waals surface area (Å²) in [6.07, 6.45) is 0.775. The molecular formula is C21H28O6. The zero-order valence-electron chi connectivity index (χ0n) is 15.9. The predicted octanol–water partition coefficient (Wildman–Crippen LogP) is 2.47. The molecule has 4 rings (SSSR count). The van der Waals surface area contributed by atoms with Gasteiger partial charge in [-0.15, -0.1) is 0 Å². The molecule has 0 bridgehead atoms. The van der Waals surface area contributed by atoms with E-state index in [-0.39, 0.29) is 18.3 Å². The molecule has 27 heavy (non-hydrogen) atoms. The fourth-order valence-corrected chi connectivity index (χ4v) is 3.10. The van der Waals surface area contributed by atoms with Crippen LogP contribution >= 0.6 is 0 Å². The maximum absolute atomic E-state index is 5.86. The second-order valence-corrected chi connectivity index (χ2v) is 7.48. The summed E-state index contributed by atoms with van der Waals surface area (Å²) in [7, 11) is 0. The highest BCUT2D eigenvalue weighted by atomic mass is 16.6. The average Bonchev–Trinajstić information content (AvgIpc) is 3.47. The molecule has 0 N–H and O–H groups in total. The first-order valence-electron chi connectivity index (χ1n) is 9.57. The molecule has 0 saturated carbocycles. The van der Waals surface area contributed by atoms with Gasteiger partial charge in [0.15, 0.2) is 0 Å². The maximum Gasteiger partial charge on any atom is 0.104 e. The van der Waals surface area contributed by atoms with Crippen LogP contribution < -0.4 is 0 Å². The van der Waals surface area contributed by atoms with Crippen LogP contribution in [0.25, 0.3) is 5.57 Å². The molecule has 3 heterocycles. The zero-order valence-corrected chi connectivity index (χ0v) is 15.9. The van der Waals surface area contributed by atoms with E-state index in [1.807, 2.05) is 6.92 Å². The quantitative estimate of drug-likeness (QED) is 0.493. The van der Waals surface area contributed by atoms with Crippen molar-refractivity contribution < 1.29 is 28.4 Å². The standard InChI is InChI=1S/C21H28O6/c1-14(2)21-16(6-23-9-19-12-26-19)3-15(5-22-8-18-11-25-18)4-17(21)7-24-10-20-13-27-20/h3-4,18-20H,1,5-13H2,2H3. The Bertz CT molecular complexity index is 622. The van der Waals surface area contributed by atoms with E-state index in [9.17, 15) is 0 Å². The summed E-state index contributed by atoms with van der Waals surface area (Å²) in [4.78, 5) is 0. The molecule has 3 aliphatic rings. The number of epoxide rings is 3. The van der Waals surface area contributed by atoms with Crippen LogP contribution in [0.2, 0.25) is 0 Å². The molecule has 3 aliphatic heterocycles. The third kappa shape index (κ3) is 6.10. The highest BCUT2D eigenvalue weighted by molar-refractivity contribution is 5.68. The third-order valence-electron chi connectivity index (χ3n) is 4.69. The minimum Gasteiger partial charge on any atom is -0.374 e. The second kappa shape index (κ2) is 8.82. The fourth-order valence-electron chi connectivity index (χ4n) is 3.10. The Kier molecular flexibility index (Phi) is 6.22. The molecule has 1 aromatic rings. The summed E-state index contributed by atoms with van der Waals surface area (Å²) in [6.45, 7) is 12.1. The number of hydrogen-bond acceptors (Lipinski definition) is 6. The molecule has 0 amide bonds. The van der Waals surface area contributed by atoms with Crippen LogP contribution in [0.4, 0.5) is 0 Å². The average molecular weight is 376 g/mol. The summed E-state index contributed by atoms with van der Waals surface area (Å²) < 4.78 is 33.2. The van der Waals surface area contributed by atoms with Gasteiger partial charge < -0.3 is 28.4 Å². The smallest absolute Gasteiger partial charge is 0.104 e. The van der Waals surface area contributed by atoms with Crippen LogP contribution in [-0.4, -0.2) is 58.0 Å². The van der Waals surface area contributed by atoms with E-state index in [0.29, 0.717) is 39.6 Å². The molecule has 3 saturated heterocycles. The summed E-state index contributed by atoms with van der Waals surface area (Å²) >= 11 is 0. The molecule has 6 nitrogen and oxygen atoms in total. The Morgan fingerprint density at radius 2 is 1.26 bits per heavy atom. The Morgan fingerprint density at radius 1 is 0.852 bits per heavy atom. The van der Waals surface area contributed by atoms with Crippen molar-refractivity contribution >= 4 is 5.57 Å². The molecule has 1 aromatic carbocycles. The lowest BCUT2D eigenvalue weighted by Crippen LogP contribution is -2.09. The van der Waals surface area contributed by atoms with Crippen LogP contribution in [0.15, 0.2) is 18.7 Å². The largest absolute Gasteiger partial charge is 0.374 e. The summed E-state index contributed by atoms with van der Waals surface area (Å²) in [5.74, 6) is 0. The van der Waals surface area contributed by atoms with Crippen molar-refractivity contribution in [3.63, 3.8) is 0 Å². The normalized spacial score (nSPS) is 25.4. The van der Waals surface area contributed by atoms with E-state index < -0.39 is 0 Å². The molecule has 0 aliphatic carbocycles. The molecule has 0 aromatic heterocycles. The number of rotatable bonds is 13.